The van der Waals surface area contributed by atoms with E-state index < -0.39 is 0 Å². The van der Waals surface area contributed by atoms with Crippen LogP contribution in [0.3, 0.4) is 0 Å². The van der Waals surface area contributed by atoms with E-state index >= 15 is 0 Å². The van der Waals surface area contributed by atoms with Crippen molar-refractivity contribution >= 4 is 59.0 Å². The van der Waals surface area contributed by atoms with Gasteiger partial charge in [0, 0.05) is 4.47 Å². The van der Waals surface area contributed by atoms with Crippen LogP contribution in [0.5, 0.6) is 0 Å². The van der Waals surface area contributed by atoms with Gasteiger partial charge in [-0.05, 0) is 106 Å². The van der Waals surface area contributed by atoms with Gasteiger partial charge in [0.15, 0.2) is 0 Å². The molecule has 9 aromatic rings. The minimum absolute atomic E-state index is 1.06. The lowest BCUT2D eigenvalue weighted by atomic mass is 9.85. The van der Waals surface area contributed by atoms with Crippen molar-refractivity contribution in [1.82, 2.24) is 0 Å². The number of hydrogen-bond donors (Lipinski definition) is 0. The number of hydrogen-bond acceptors (Lipinski definition) is 0. The zero-order chi connectivity index (χ0) is 31.3. The molecule has 220 valence electrons. The second kappa shape index (κ2) is 11.4. The first-order valence-electron chi connectivity index (χ1n) is 16.0. The van der Waals surface area contributed by atoms with E-state index in [4.69, 9.17) is 0 Å². The van der Waals surface area contributed by atoms with Crippen LogP contribution in [0, 0.1) is 0 Å². The Bertz CT molecular complexity index is 2540. The normalized spacial score (nSPS) is 11.5. The van der Waals surface area contributed by atoms with Crippen molar-refractivity contribution in [1.29, 1.82) is 0 Å². The average Bonchev–Trinajstić information content (AvgIpc) is 3.13. The fraction of sp³-hybridized carbons (Fsp3) is 0. The third-order valence-corrected chi connectivity index (χ3v) is 9.97. The monoisotopic (exact) mass is 660 g/mol. The minimum atomic E-state index is 1.06. The summed E-state index contributed by atoms with van der Waals surface area (Å²) in [7, 11) is 0. The largest absolute Gasteiger partial charge is 0.0616 e. The molecule has 0 aromatic heterocycles. The first kappa shape index (κ1) is 27.8. The topological polar surface area (TPSA) is 0 Å². The number of halogens is 1. The summed E-state index contributed by atoms with van der Waals surface area (Å²) in [5.41, 5.74) is 9.82. The van der Waals surface area contributed by atoms with E-state index in [9.17, 15) is 0 Å². The van der Waals surface area contributed by atoms with Crippen molar-refractivity contribution in [2.24, 2.45) is 0 Å². The summed E-state index contributed by atoms with van der Waals surface area (Å²) < 4.78 is 1.06. The number of benzene rings is 9. The maximum atomic E-state index is 3.89. The third-order valence-electron chi connectivity index (χ3n) is 9.51. The summed E-state index contributed by atoms with van der Waals surface area (Å²) in [4.78, 5) is 0. The van der Waals surface area contributed by atoms with Gasteiger partial charge in [0.1, 0.15) is 0 Å². The van der Waals surface area contributed by atoms with E-state index in [-0.39, 0.29) is 0 Å². The summed E-state index contributed by atoms with van der Waals surface area (Å²) >= 11 is 3.89. The molecule has 0 heterocycles. The van der Waals surface area contributed by atoms with Crippen LogP contribution in [0.2, 0.25) is 0 Å². The molecular weight excluding hydrogens is 632 g/mol. The van der Waals surface area contributed by atoms with E-state index in [2.05, 4.69) is 192 Å². The molecule has 0 fully saturated rings. The van der Waals surface area contributed by atoms with Crippen molar-refractivity contribution in [3.8, 4) is 44.5 Å². The maximum Gasteiger partial charge on any atom is 0.0187 e. The Kier molecular flexibility index (Phi) is 6.73. The highest BCUT2D eigenvalue weighted by Gasteiger charge is 2.18. The van der Waals surface area contributed by atoms with Crippen molar-refractivity contribution in [3.63, 3.8) is 0 Å². The molecule has 0 bridgehead atoms. The van der Waals surface area contributed by atoms with E-state index in [0.717, 1.165) is 4.47 Å². The van der Waals surface area contributed by atoms with Gasteiger partial charge in [-0.2, -0.15) is 0 Å². The van der Waals surface area contributed by atoms with Crippen LogP contribution in [-0.4, -0.2) is 0 Å². The Morgan fingerprint density at radius 3 is 1.21 bits per heavy atom. The van der Waals surface area contributed by atoms with E-state index in [0.29, 0.717) is 0 Å². The van der Waals surface area contributed by atoms with Gasteiger partial charge >= 0.3 is 0 Å². The average molecular weight is 662 g/mol. The summed E-state index contributed by atoms with van der Waals surface area (Å²) in [6.07, 6.45) is 0. The lowest BCUT2D eigenvalue weighted by molar-refractivity contribution is 1.59. The van der Waals surface area contributed by atoms with Gasteiger partial charge in [-0.1, -0.05) is 174 Å². The standard InChI is InChI=1S/C46H29Br/c47-35-28-33(39-20-7-14-30-11-1-4-17-36(30)39)27-34(29-35)40-25-26-45(42-22-9-16-32-13-3-6-19-38(32)42)46-43(40)23-10-24-44(46)41-21-8-15-31-12-2-5-18-37(31)41/h1-29H. The van der Waals surface area contributed by atoms with Crippen LogP contribution in [0.4, 0.5) is 0 Å². The van der Waals surface area contributed by atoms with Gasteiger partial charge in [0.25, 0.3) is 0 Å². The highest BCUT2D eigenvalue weighted by atomic mass is 79.9. The quantitative estimate of drug-likeness (QED) is 0.176. The molecule has 0 saturated heterocycles. The van der Waals surface area contributed by atoms with Gasteiger partial charge in [-0.15, -0.1) is 0 Å². The molecule has 0 atom stereocenters. The summed E-state index contributed by atoms with van der Waals surface area (Å²) in [6.45, 7) is 0. The van der Waals surface area contributed by atoms with Gasteiger partial charge in [0.05, 0.1) is 0 Å². The number of fused-ring (bicyclic) bond motifs is 4. The van der Waals surface area contributed by atoms with Crippen molar-refractivity contribution < 1.29 is 0 Å². The maximum absolute atomic E-state index is 3.89. The first-order chi connectivity index (χ1) is 23.2. The SMILES string of the molecule is Brc1cc(-c2cccc3ccccc23)cc(-c2ccc(-c3cccc4ccccc34)c3c(-c4cccc5ccccc45)cccc23)c1. The van der Waals surface area contributed by atoms with Gasteiger partial charge in [0.2, 0.25) is 0 Å². The Morgan fingerprint density at radius 1 is 0.277 bits per heavy atom. The van der Waals surface area contributed by atoms with Crippen LogP contribution >= 0.6 is 15.9 Å². The molecule has 9 rings (SSSR count). The lowest BCUT2D eigenvalue weighted by Gasteiger charge is -2.19. The summed E-state index contributed by atoms with van der Waals surface area (Å²) in [5.74, 6) is 0. The van der Waals surface area contributed by atoms with Crippen LogP contribution in [0.25, 0.3) is 87.6 Å². The summed E-state index contributed by atoms with van der Waals surface area (Å²) in [6, 6.07) is 64.3. The van der Waals surface area contributed by atoms with E-state index in [1.54, 1.807) is 0 Å². The zero-order valence-corrected chi connectivity index (χ0v) is 27.2. The van der Waals surface area contributed by atoms with Crippen LogP contribution < -0.4 is 0 Å². The summed E-state index contributed by atoms with van der Waals surface area (Å²) in [5, 5.41) is 10.0. The lowest BCUT2D eigenvalue weighted by Crippen LogP contribution is -1.92. The Labute approximate surface area is 282 Å². The smallest absolute Gasteiger partial charge is 0.0187 e. The highest BCUT2D eigenvalue weighted by Crippen LogP contribution is 2.45. The molecule has 0 radical (unpaired) electrons. The molecular formula is C46H29Br. The predicted octanol–water partition coefficient (Wildman–Crippen LogP) is 13.7. The molecule has 0 aliphatic rings. The molecule has 0 saturated carbocycles. The number of rotatable bonds is 4. The van der Waals surface area contributed by atoms with Crippen molar-refractivity contribution in [2.75, 3.05) is 0 Å². The molecule has 0 N–H and O–H groups in total. The molecule has 0 amide bonds. The van der Waals surface area contributed by atoms with E-state index in [1.165, 1.54) is 87.6 Å². The molecule has 0 spiro atoms. The molecule has 1 heteroatoms. The van der Waals surface area contributed by atoms with Gasteiger partial charge in [-0.3, -0.25) is 0 Å². The molecule has 9 aromatic carbocycles. The van der Waals surface area contributed by atoms with Gasteiger partial charge < -0.3 is 0 Å². The molecule has 0 unspecified atom stereocenters. The second-order valence-electron chi connectivity index (χ2n) is 12.2. The zero-order valence-electron chi connectivity index (χ0n) is 25.6. The molecule has 0 aliphatic carbocycles. The predicted molar refractivity (Wildman–Crippen MR) is 206 cm³/mol. The second-order valence-corrected chi connectivity index (χ2v) is 13.1. The molecule has 0 aliphatic heterocycles. The Morgan fingerprint density at radius 2 is 0.638 bits per heavy atom. The fourth-order valence-corrected chi connectivity index (χ4v) is 7.90. The van der Waals surface area contributed by atoms with Crippen molar-refractivity contribution in [2.45, 2.75) is 0 Å². The van der Waals surface area contributed by atoms with E-state index in [1.807, 2.05) is 0 Å². The Balaban J connectivity index is 1.36. The molecule has 47 heavy (non-hydrogen) atoms. The van der Waals surface area contributed by atoms with Crippen LogP contribution in [0.1, 0.15) is 0 Å². The van der Waals surface area contributed by atoms with Crippen molar-refractivity contribution in [3.05, 3.63) is 180 Å². The highest BCUT2D eigenvalue weighted by molar-refractivity contribution is 9.10. The minimum Gasteiger partial charge on any atom is -0.0616 e. The van der Waals surface area contributed by atoms with Crippen LogP contribution in [0.15, 0.2) is 180 Å². The Hall–Kier alpha value is -5.50. The fourth-order valence-electron chi connectivity index (χ4n) is 7.41. The van der Waals surface area contributed by atoms with Crippen LogP contribution in [-0.2, 0) is 0 Å². The first-order valence-corrected chi connectivity index (χ1v) is 16.8. The third kappa shape index (κ3) is 4.74. The molecule has 0 nitrogen and oxygen atoms in total. The van der Waals surface area contributed by atoms with Gasteiger partial charge in [-0.25, -0.2) is 0 Å².